The summed E-state index contributed by atoms with van der Waals surface area (Å²) in [6.07, 6.45) is 1.98. The van der Waals surface area contributed by atoms with E-state index in [4.69, 9.17) is 9.78 Å². The van der Waals surface area contributed by atoms with Crippen molar-refractivity contribution in [1.82, 2.24) is 0 Å². The van der Waals surface area contributed by atoms with Crippen LogP contribution in [0.15, 0.2) is 30.3 Å². The first kappa shape index (κ1) is 16.6. The van der Waals surface area contributed by atoms with E-state index in [0.29, 0.717) is 6.42 Å². The zero-order valence-electron chi connectivity index (χ0n) is 12.4. The van der Waals surface area contributed by atoms with Crippen molar-refractivity contribution in [3.05, 3.63) is 46.0 Å². The van der Waals surface area contributed by atoms with Crippen molar-refractivity contribution in [2.45, 2.75) is 51.7 Å². The maximum Gasteiger partial charge on any atom is 0.232 e. The van der Waals surface area contributed by atoms with Crippen molar-refractivity contribution in [3.63, 3.8) is 0 Å². The largest absolute Gasteiger partial charge is 0.264 e. The SMILES string of the molecule is CCCCC(C[N+](=O)[O-])OOC(C)(C)c1ccccc1. The molecule has 112 valence electrons. The number of nitro groups is 1. The first-order valence-electron chi connectivity index (χ1n) is 6.97. The van der Waals surface area contributed by atoms with E-state index in [-0.39, 0.29) is 11.5 Å². The molecule has 1 unspecified atom stereocenters. The number of unbranched alkanes of at least 4 members (excludes halogenated alkanes) is 1. The molecule has 0 heterocycles. The van der Waals surface area contributed by atoms with Crippen molar-refractivity contribution < 1.29 is 14.7 Å². The lowest BCUT2D eigenvalue weighted by Crippen LogP contribution is -2.29. The average molecular weight is 281 g/mol. The van der Waals surface area contributed by atoms with Gasteiger partial charge in [0.2, 0.25) is 6.54 Å². The summed E-state index contributed by atoms with van der Waals surface area (Å²) in [5.74, 6) is 0. The van der Waals surface area contributed by atoms with Crippen LogP contribution in [-0.4, -0.2) is 17.6 Å². The van der Waals surface area contributed by atoms with Crippen molar-refractivity contribution in [2.24, 2.45) is 0 Å². The van der Waals surface area contributed by atoms with E-state index in [1.54, 1.807) is 0 Å². The predicted molar refractivity (Wildman–Crippen MR) is 76.8 cm³/mol. The minimum absolute atomic E-state index is 0.231. The third-order valence-electron chi connectivity index (χ3n) is 3.09. The van der Waals surface area contributed by atoms with Crippen LogP contribution in [-0.2, 0) is 15.4 Å². The highest BCUT2D eigenvalue weighted by Gasteiger charge is 2.26. The number of nitrogens with zero attached hydrogens (tertiary/aromatic N) is 1. The van der Waals surface area contributed by atoms with Gasteiger partial charge in [-0.05, 0) is 25.8 Å². The highest BCUT2D eigenvalue weighted by molar-refractivity contribution is 5.20. The Balaban J connectivity index is 2.58. The minimum atomic E-state index is -0.637. The zero-order chi connectivity index (χ0) is 15.0. The molecule has 5 nitrogen and oxygen atoms in total. The Kier molecular flexibility index (Phi) is 6.61. The number of benzene rings is 1. The summed E-state index contributed by atoms with van der Waals surface area (Å²) in [5.41, 5.74) is 0.331. The zero-order valence-corrected chi connectivity index (χ0v) is 12.4. The van der Waals surface area contributed by atoms with E-state index in [0.717, 1.165) is 18.4 Å². The van der Waals surface area contributed by atoms with Crippen LogP contribution in [0.1, 0.15) is 45.6 Å². The second-order valence-electron chi connectivity index (χ2n) is 5.34. The molecule has 1 aromatic rings. The van der Waals surface area contributed by atoms with Gasteiger partial charge in [-0.3, -0.25) is 10.1 Å². The number of rotatable bonds is 9. The fraction of sp³-hybridized carbons (Fsp3) is 0.600. The molecule has 0 aliphatic carbocycles. The lowest BCUT2D eigenvalue weighted by atomic mass is 9.99. The van der Waals surface area contributed by atoms with Crippen LogP contribution >= 0.6 is 0 Å². The van der Waals surface area contributed by atoms with Gasteiger partial charge in [0, 0.05) is 4.92 Å². The molecule has 0 amide bonds. The standard InChI is InChI=1S/C15H23NO4/c1-4-5-11-14(12-16(17)18)19-20-15(2,3)13-9-7-6-8-10-13/h6-10,14H,4-5,11-12H2,1-3H3. The summed E-state index contributed by atoms with van der Waals surface area (Å²) in [7, 11) is 0. The van der Waals surface area contributed by atoms with Crippen LogP contribution in [0.25, 0.3) is 0 Å². The summed E-state index contributed by atoms with van der Waals surface area (Å²) in [6.45, 7) is 5.57. The first-order chi connectivity index (χ1) is 9.45. The van der Waals surface area contributed by atoms with Crippen LogP contribution in [0.3, 0.4) is 0 Å². The average Bonchev–Trinajstić information content (AvgIpc) is 2.42. The molecule has 0 fully saturated rings. The highest BCUT2D eigenvalue weighted by Crippen LogP contribution is 2.25. The van der Waals surface area contributed by atoms with E-state index >= 15 is 0 Å². The highest BCUT2D eigenvalue weighted by atomic mass is 17.2. The van der Waals surface area contributed by atoms with Crippen LogP contribution in [0, 0.1) is 10.1 Å². The smallest absolute Gasteiger partial charge is 0.232 e. The first-order valence-corrected chi connectivity index (χ1v) is 6.97. The molecule has 0 spiro atoms. The van der Waals surface area contributed by atoms with E-state index in [2.05, 4.69) is 0 Å². The molecular weight excluding hydrogens is 258 g/mol. The molecule has 0 N–H and O–H groups in total. The minimum Gasteiger partial charge on any atom is -0.264 e. The lowest BCUT2D eigenvalue weighted by Gasteiger charge is -2.26. The molecule has 1 rings (SSSR count). The van der Waals surface area contributed by atoms with E-state index in [9.17, 15) is 10.1 Å². The Labute approximate surface area is 120 Å². The Bertz CT molecular complexity index is 406. The van der Waals surface area contributed by atoms with Crippen LogP contribution in [0.5, 0.6) is 0 Å². The van der Waals surface area contributed by atoms with Gasteiger partial charge in [-0.1, -0.05) is 50.1 Å². The van der Waals surface area contributed by atoms with Gasteiger partial charge >= 0.3 is 0 Å². The molecule has 0 aliphatic heterocycles. The van der Waals surface area contributed by atoms with Gasteiger partial charge in [-0.2, -0.15) is 0 Å². The van der Waals surface area contributed by atoms with Crippen molar-refractivity contribution >= 4 is 0 Å². The van der Waals surface area contributed by atoms with Gasteiger partial charge in [0.05, 0.1) is 0 Å². The Hall–Kier alpha value is -1.46. The molecule has 1 aromatic carbocycles. The molecule has 20 heavy (non-hydrogen) atoms. The maximum atomic E-state index is 10.6. The van der Waals surface area contributed by atoms with Crippen LogP contribution in [0.4, 0.5) is 0 Å². The van der Waals surface area contributed by atoms with Gasteiger partial charge < -0.3 is 0 Å². The summed E-state index contributed by atoms with van der Waals surface area (Å²) >= 11 is 0. The summed E-state index contributed by atoms with van der Waals surface area (Å²) in [5, 5.41) is 10.6. The van der Waals surface area contributed by atoms with Crippen molar-refractivity contribution in [2.75, 3.05) is 6.54 Å². The summed E-state index contributed by atoms with van der Waals surface area (Å²) in [6, 6.07) is 9.66. The summed E-state index contributed by atoms with van der Waals surface area (Å²) in [4.78, 5) is 21.1. The quantitative estimate of drug-likeness (QED) is 0.393. The maximum absolute atomic E-state index is 10.6. The topological polar surface area (TPSA) is 61.6 Å². The van der Waals surface area contributed by atoms with Gasteiger partial charge in [-0.15, -0.1) is 0 Å². The van der Waals surface area contributed by atoms with Crippen molar-refractivity contribution in [3.8, 4) is 0 Å². The predicted octanol–water partition coefficient (Wildman–Crippen LogP) is 3.71. The Morgan fingerprint density at radius 2 is 1.95 bits per heavy atom. The van der Waals surface area contributed by atoms with Crippen LogP contribution in [0.2, 0.25) is 0 Å². The monoisotopic (exact) mass is 281 g/mol. The second-order valence-corrected chi connectivity index (χ2v) is 5.34. The molecular formula is C15H23NO4. The molecule has 0 aliphatic rings. The number of hydrogen-bond acceptors (Lipinski definition) is 4. The van der Waals surface area contributed by atoms with Gasteiger partial charge in [-0.25, -0.2) is 9.78 Å². The Morgan fingerprint density at radius 3 is 2.50 bits per heavy atom. The molecule has 0 saturated heterocycles. The third-order valence-corrected chi connectivity index (χ3v) is 3.09. The van der Waals surface area contributed by atoms with Crippen LogP contribution < -0.4 is 0 Å². The van der Waals surface area contributed by atoms with E-state index < -0.39 is 11.7 Å². The van der Waals surface area contributed by atoms with E-state index in [1.807, 2.05) is 51.1 Å². The second kappa shape index (κ2) is 7.97. The van der Waals surface area contributed by atoms with Crippen molar-refractivity contribution in [1.29, 1.82) is 0 Å². The molecule has 1 atom stereocenters. The lowest BCUT2D eigenvalue weighted by molar-refractivity contribution is -0.512. The van der Waals surface area contributed by atoms with E-state index in [1.165, 1.54) is 0 Å². The molecule has 0 radical (unpaired) electrons. The normalized spacial score (nSPS) is 13.2. The molecule has 0 aromatic heterocycles. The summed E-state index contributed by atoms with van der Waals surface area (Å²) < 4.78 is 0. The fourth-order valence-corrected chi connectivity index (χ4v) is 1.84. The number of hydrogen-bond donors (Lipinski definition) is 0. The molecule has 5 heteroatoms. The molecule has 0 bridgehead atoms. The fourth-order valence-electron chi connectivity index (χ4n) is 1.84. The van der Waals surface area contributed by atoms with Gasteiger partial charge in [0.1, 0.15) is 5.60 Å². The van der Waals surface area contributed by atoms with Gasteiger partial charge in [0.15, 0.2) is 6.10 Å². The third kappa shape index (κ3) is 5.67. The molecule has 0 saturated carbocycles. The Morgan fingerprint density at radius 1 is 1.30 bits per heavy atom. The van der Waals surface area contributed by atoms with Gasteiger partial charge in [0.25, 0.3) is 0 Å².